The summed E-state index contributed by atoms with van der Waals surface area (Å²) in [4.78, 5) is 39.6. The third kappa shape index (κ3) is 5.16. The van der Waals surface area contributed by atoms with Gasteiger partial charge in [0.1, 0.15) is 5.54 Å². The van der Waals surface area contributed by atoms with Gasteiger partial charge in [-0.05, 0) is 93.3 Å². The van der Waals surface area contributed by atoms with Crippen LogP contribution in [0.25, 0.3) is 0 Å². The van der Waals surface area contributed by atoms with Crippen molar-refractivity contribution >= 4 is 17.6 Å². The SMILES string of the molecule is O=C1N(C2Cc3ccccc3C2)C(=O)C2(CCN(Cc3ccc(N4CCCC4)cc3)CC2)N1CCN1CCCCC1. The third-order valence-corrected chi connectivity index (χ3v) is 10.6. The molecule has 0 atom stereocenters. The van der Waals surface area contributed by atoms with Gasteiger partial charge in [0.25, 0.3) is 5.91 Å². The number of benzene rings is 2. The molecule has 0 aromatic heterocycles. The number of piperidine rings is 2. The minimum absolute atomic E-state index is 0.0456. The first-order valence-electron chi connectivity index (χ1n) is 16.1. The number of carbonyl (C=O) groups is 2. The summed E-state index contributed by atoms with van der Waals surface area (Å²) >= 11 is 0. The molecule has 3 amide bonds. The lowest BCUT2D eigenvalue weighted by atomic mass is 9.85. The molecule has 2 aromatic carbocycles. The number of carbonyl (C=O) groups excluding carboxylic acids is 2. The van der Waals surface area contributed by atoms with E-state index in [0.29, 0.717) is 6.54 Å². The van der Waals surface area contributed by atoms with Gasteiger partial charge < -0.3 is 14.7 Å². The second-order valence-electron chi connectivity index (χ2n) is 13.0. The highest BCUT2D eigenvalue weighted by molar-refractivity contribution is 6.07. The summed E-state index contributed by atoms with van der Waals surface area (Å²) in [5, 5.41) is 0. The Kier molecular flexibility index (Phi) is 7.50. The zero-order valence-corrected chi connectivity index (χ0v) is 24.5. The highest BCUT2D eigenvalue weighted by Gasteiger charge is 2.59. The number of fused-ring (bicyclic) bond motifs is 1. The van der Waals surface area contributed by atoms with Crippen molar-refractivity contribution in [2.45, 2.75) is 75.9 Å². The van der Waals surface area contributed by atoms with Crippen LogP contribution in [-0.2, 0) is 24.2 Å². The molecule has 4 fully saturated rings. The Morgan fingerprint density at radius 1 is 0.683 bits per heavy atom. The monoisotopic (exact) mass is 555 g/mol. The van der Waals surface area contributed by atoms with Gasteiger partial charge in [0, 0.05) is 57.5 Å². The van der Waals surface area contributed by atoms with Crippen LogP contribution in [0.5, 0.6) is 0 Å². The van der Waals surface area contributed by atoms with Gasteiger partial charge in [-0.3, -0.25) is 14.6 Å². The van der Waals surface area contributed by atoms with E-state index in [1.807, 2.05) is 4.90 Å². The summed E-state index contributed by atoms with van der Waals surface area (Å²) in [7, 11) is 0. The molecule has 1 aliphatic carbocycles. The number of nitrogens with zero attached hydrogens (tertiary/aromatic N) is 5. The van der Waals surface area contributed by atoms with Crippen molar-refractivity contribution in [1.29, 1.82) is 0 Å². The number of imide groups is 1. The number of urea groups is 1. The Balaban J connectivity index is 1.05. The van der Waals surface area contributed by atoms with Crippen molar-refractivity contribution in [1.82, 2.24) is 19.6 Å². The van der Waals surface area contributed by atoms with Crippen LogP contribution in [0, 0.1) is 0 Å². The van der Waals surface area contributed by atoms with E-state index >= 15 is 0 Å². The van der Waals surface area contributed by atoms with Gasteiger partial charge >= 0.3 is 6.03 Å². The predicted molar refractivity (Wildman–Crippen MR) is 162 cm³/mol. The fraction of sp³-hybridized carbons (Fsp3) is 0.588. The van der Waals surface area contributed by atoms with Crippen molar-refractivity contribution in [3.05, 3.63) is 65.2 Å². The topological polar surface area (TPSA) is 50.3 Å². The van der Waals surface area contributed by atoms with E-state index in [4.69, 9.17) is 0 Å². The summed E-state index contributed by atoms with van der Waals surface area (Å²) in [6.07, 6.45) is 9.36. The van der Waals surface area contributed by atoms with Crippen molar-refractivity contribution < 1.29 is 9.59 Å². The smallest absolute Gasteiger partial charge is 0.328 e. The highest BCUT2D eigenvalue weighted by Crippen LogP contribution is 2.40. The first-order chi connectivity index (χ1) is 20.1. The van der Waals surface area contributed by atoms with Crippen molar-refractivity contribution in [2.75, 3.05) is 57.3 Å². The molecule has 1 spiro atoms. The first kappa shape index (κ1) is 27.0. The van der Waals surface area contributed by atoms with Crippen molar-refractivity contribution in [3.8, 4) is 0 Å². The number of anilines is 1. The van der Waals surface area contributed by atoms with Gasteiger partial charge in [0.15, 0.2) is 0 Å². The van der Waals surface area contributed by atoms with Crippen LogP contribution in [0.1, 0.15) is 61.6 Å². The maximum Gasteiger partial charge on any atom is 0.328 e. The molecular weight excluding hydrogens is 510 g/mol. The lowest BCUT2D eigenvalue weighted by Crippen LogP contribution is -2.57. The number of hydrogen-bond acceptors (Lipinski definition) is 5. The molecular formula is C34H45N5O2. The molecule has 0 bridgehead atoms. The molecule has 4 aliphatic heterocycles. The van der Waals surface area contributed by atoms with E-state index in [1.165, 1.54) is 67.6 Å². The van der Waals surface area contributed by atoms with Gasteiger partial charge in [-0.2, -0.15) is 0 Å². The second-order valence-corrected chi connectivity index (χ2v) is 13.0. The number of hydrogen-bond donors (Lipinski definition) is 0. The quantitative estimate of drug-likeness (QED) is 0.470. The molecule has 2 aromatic rings. The largest absolute Gasteiger partial charge is 0.372 e. The summed E-state index contributed by atoms with van der Waals surface area (Å²) in [5.74, 6) is 0.0635. The zero-order chi connectivity index (χ0) is 27.8. The Hall–Kier alpha value is -2.90. The maximum absolute atomic E-state index is 14.3. The molecule has 7 rings (SSSR count). The van der Waals surface area contributed by atoms with E-state index in [9.17, 15) is 9.59 Å². The molecule has 0 radical (unpaired) electrons. The van der Waals surface area contributed by atoms with E-state index in [1.54, 1.807) is 4.90 Å². The van der Waals surface area contributed by atoms with E-state index in [2.05, 4.69) is 63.2 Å². The predicted octanol–water partition coefficient (Wildman–Crippen LogP) is 4.54. The highest BCUT2D eigenvalue weighted by atomic mass is 16.2. The number of amides is 3. The Labute approximate surface area is 245 Å². The average molecular weight is 556 g/mol. The Bertz CT molecular complexity index is 1220. The van der Waals surface area contributed by atoms with Crippen LogP contribution in [0.2, 0.25) is 0 Å². The second kappa shape index (κ2) is 11.4. The van der Waals surface area contributed by atoms with Gasteiger partial charge in [0.05, 0.1) is 0 Å². The molecule has 41 heavy (non-hydrogen) atoms. The van der Waals surface area contributed by atoms with Gasteiger partial charge in [0.2, 0.25) is 0 Å². The molecule has 0 N–H and O–H groups in total. The van der Waals surface area contributed by atoms with Crippen LogP contribution >= 0.6 is 0 Å². The van der Waals surface area contributed by atoms with E-state index < -0.39 is 5.54 Å². The van der Waals surface area contributed by atoms with Gasteiger partial charge in [-0.25, -0.2) is 4.79 Å². The Morgan fingerprint density at radius 2 is 1.32 bits per heavy atom. The van der Waals surface area contributed by atoms with Crippen molar-refractivity contribution in [2.24, 2.45) is 0 Å². The fourth-order valence-electron chi connectivity index (χ4n) is 8.12. The summed E-state index contributed by atoms with van der Waals surface area (Å²) in [6, 6.07) is 17.4. The molecule has 4 saturated heterocycles. The Morgan fingerprint density at radius 3 is 1.98 bits per heavy atom. The van der Waals surface area contributed by atoms with Crippen LogP contribution < -0.4 is 4.90 Å². The average Bonchev–Trinajstić information content (AvgIpc) is 3.73. The summed E-state index contributed by atoms with van der Waals surface area (Å²) in [6.45, 7) is 8.64. The third-order valence-electron chi connectivity index (χ3n) is 10.6. The summed E-state index contributed by atoms with van der Waals surface area (Å²) < 4.78 is 0. The maximum atomic E-state index is 14.3. The van der Waals surface area contributed by atoms with E-state index in [-0.39, 0.29) is 18.0 Å². The van der Waals surface area contributed by atoms with Crippen molar-refractivity contribution in [3.63, 3.8) is 0 Å². The molecule has 0 saturated carbocycles. The molecule has 7 nitrogen and oxygen atoms in total. The molecule has 5 aliphatic rings. The van der Waals surface area contributed by atoms with E-state index in [0.717, 1.165) is 65.0 Å². The van der Waals surface area contributed by atoms with Crippen LogP contribution in [-0.4, -0.2) is 95.5 Å². The van der Waals surface area contributed by atoms with Gasteiger partial charge in [-0.15, -0.1) is 0 Å². The molecule has 4 heterocycles. The molecule has 218 valence electrons. The molecule has 0 unspecified atom stereocenters. The molecule has 7 heteroatoms. The minimum Gasteiger partial charge on any atom is -0.372 e. The van der Waals surface area contributed by atoms with Gasteiger partial charge in [-0.1, -0.05) is 42.8 Å². The standard InChI is InChI=1S/C34H45N5O2/c40-32-34(14-20-36(21-15-34)26-27-10-12-30(13-11-27)37-18-6-7-19-37)38(23-22-35-16-4-1-5-17-35)33(41)39(32)31-24-28-8-2-3-9-29(28)25-31/h2-3,8-13,31H,1,4-7,14-26H2. The van der Waals surface area contributed by atoms with Crippen LogP contribution in [0.4, 0.5) is 10.5 Å². The summed E-state index contributed by atoms with van der Waals surface area (Å²) in [5.41, 5.74) is 4.52. The number of rotatable bonds is 7. The number of likely N-dealkylation sites (tertiary alicyclic amines) is 2. The fourth-order valence-corrected chi connectivity index (χ4v) is 8.12. The first-order valence-corrected chi connectivity index (χ1v) is 16.1. The van der Waals surface area contributed by atoms with Crippen LogP contribution in [0.3, 0.4) is 0 Å². The zero-order valence-electron chi connectivity index (χ0n) is 24.5. The normalized spacial score (nSPS) is 23.8. The van der Waals surface area contributed by atoms with Crippen LogP contribution in [0.15, 0.2) is 48.5 Å². The lowest BCUT2D eigenvalue weighted by Gasteiger charge is -2.43. The lowest BCUT2D eigenvalue weighted by molar-refractivity contribution is -0.137. The minimum atomic E-state index is -0.697.